The topological polar surface area (TPSA) is 0 Å². The van der Waals surface area contributed by atoms with Gasteiger partial charge in [-0.2, -0.15) is 0 Å². The van der Waals surface area contributed by atoms with Gasteiger partial charge in [-0.25, -0.2) is 0 Å². The van der Waals surface area contributed by atoms with E-state index in [-0.39, 0.29) is 0 Å². The third-order valence-corrected chi connectivity index (χ3v) is 6.84. The number of alkyl halides is 1. The van der Waals surface area contributed by atoms with Gasteiger partial charge < -0.3 is 0 Å². The molecule has 0 aromatic heterocycles. The molecule has 30 heavy (non-hydrogen) atoms. The van der Waals surface area contributed by atoms with Crippen LogP contribution in [-0.2, 0) is 0 Å². The fourth-order valence-electron chi connectivity index (χ4n) is 4.09. The average Bonchev–Trinajstić information content (AvgIpc) is 2.81. The van der Waals surface area contributed by atoms with Crippen molar-refractivity contribution in [1.29, 1.82) is 0 Å². The van der Waals surface area contributed by atoms with Crippen LogP contribution in [0.15, 0.2) is 109 Å². The zero-order valence-electron chi connectivity index (χ0n) is 17.5. The van der Waals surface area contributed by atoms with E-state index in [4.69, 9.17) is 0 Å². The van der Waals surface area contributed by atoms with E-state index >= 15 is 0 Å². The van der Waals surface area contributed by atoms with Crippen molar-refractivity contribution in [3.63, 3.8) is 0 Å². The molecule has 1 unspecified atom stereocenters. The van der Waals surface area contributed by atoms with Crippen LogP contribution in [0.5, 0.6) is 0 Å². The van der Waals surface area contributed by atoms with Crippen molar-refractivity contribution in [1.82, 2.24) is 0 Å². The van der Waals surface area contributed by atoms with Crippen molar-refractivity contribution in [3.8, 4) is 22.3 Å². The van der Waals surface area contributed by atoms with Gasteiger partial charge in [0.05, 0.1) is 0 Å². The Labute approximate surface area is 188 Å². The molecule has 0 radical (unpaired) electrons. The van der Waals surface area contributed by atoms with Gasteiger partial charge in [-0.3, -0.25) is 0 Å². The van der Waals surface area contributed by atoms with Crippen LogP contribution in [0, 0.1) is 5.92 Å². The van der Waals surface area contributed by atoms with Gasteiger partial charge in [0.1, 0.15) is 0 Å². The van der Waals surface area contributed by atoms with Gasteiger partial charge in [0.25, 0.3) is 0 Å². The smallest absolute Gasteiger partial charge is 0.0152 e. The number of benzene rings is 4. The largest absolute Gasteiger partial charge is 0.0890 e. The lowest BCUT2D eigenvalue weighted by Crippen LogP contribution is -2.18. The van der Waals surface area contributed by atoms with E-state index in [9.17, 15) is 0 Å². The Kier molecular flexibility index (Phi) is 6.50. The second-order valence-electron chi connectivity index (χ2n) is 7.99. The lowest BCUT2D eigenvalue weighted by Gasteiger charge is -2.27. The van der Waals surface area contributed by atoms with Crippen LogP contribution < -0.4 is 0 Å². The van der Waals surface area contributed by atoms with E-state index in [1.54, 1.807) is 0 Å². The minimum atomic E-state index is 0.342. The van der Waals surface area contributed by atoms with Crippen molar-refractivity contribution < 1.29 is 0 Å². The number of halogens is 1. The molecule has 4 rings (SSSR count). The molecule has 0 aliphatic rings. The summed E-state index contributed by atoms with van der Waals surface area (Å²) >= 11 is 3.84. The lowest BCUT2D eigenvalue weighted by atomic mass is 9.79. The molecule has 0 N–H and O–H groups in total. The third kappa shape index (κ3) is 4.57. The van der Waals surface area contributed by atoms with E-state index in [0.717, 1.165) is 0 Å². The van der Waals surface area contributed by atoms with Crippen LogP contribution in [0.3, 0.4) is 0 Å². The van der Waals surface area contributed by atoms with E-state index in [2.05, 4.69) is 139 Å². The predicted octanol–water partition coefficient (Wildman–Crippen LogP) is 8.57. The zero-order valence-corrected chi connectivity index (χ0v) is 19.1. The SMILES string of the molecule is CC(C(c1ccc(-c2ccccc2)cc1)c1ccc(-c2ccccc2)cc1)[C@@H](C)Br. The van der Waals surface area contributed by atoms with Crippen molar-refractivity contribution in [2.24, 2.45) is 5.92 Å². The summed E-state index contributed by atoms with van der Waals surface area (Å²) in [5.41, 5.74) is 7.76. The van der Waals surface area contributed by atoms with E-state index in [0.29, 0.717) is 16.7 Å². The maximum Gasteiger partial charge on any atom is 0.0152 e. The van der Waals surface area contributed by atoms with Crippen LogP contribution in [-0.4, -0.2) is 4.83 Å². The highest BCUT2D eigenvalue weighted by atomic mass is 79.9. The quantitative estimate of drug-likeness (QED) is 0.256. The first-order valence-electron chi connectivity index (χ1n) is 10.6. The molecule has 0 amide bonds. The molecule has 4 aromatic rings. The fraction of sp³-hybridized carbons (Fsp3) is 0.172. The monoisotopic (exact) mass is 454 g/mol. The third-order valence-electron chi connectivity index (χ3n) is 6.00. The Morgan fingerprint density at radius 3 is 1.13 bits per heavy atom. The Morgan fingerprint density at radius 1 is 0.467 bits per heavy atom. The van der Waals surface area contributed by atoms with E-state index in [1.165, 1.54) is 33.4 Å². The van der Waals surface area contributed by atoms with Gasteiger partial charge in [0.2, 0.25) is 0 Å². The first-order chi connectivity index (χ1) is 14.6. The number of rotatable bonds is 6. The second kappa shape index (κ2) is 9.45. The summed E-state index contributed by atoms with van der Waals surface area (Å²) in [6.07, 6.45) is 0. The van der Waals surface area contributed by atoms with E-state index < -0.39 is 0 Å². The van der Waals surface area contributed by atoms with Crippen LogP contribution in [0.25, 0.3) is 22.3 Å². The van der Waals surface area contributed by atoms with Gasteiger partial charge in [-0.05, 0) is 39.3 Å². The summed E-state index contributed by atoms with van der Waals surface area (Å²) in [6.45, 7) is 4.58. The molecule has 0 saturated heterocycles. The summed E-state index contributed by atoms with van der Waals surface area (Å²) < 4.78 is 0. The molecule has 0 aliphatic heterocycles. The van der Waals surface area contributed by atoms with Crippen molar-refractivity contribution in [3.05, 3.63) is 120 Å². The first kappa shape index (κ1) is 20.6. The Bertz CT molecular complexity index is 966. The maximum absolute atomic E-state index is 3.84. The molecule has 0 heterocycles. The molecular formula is C29H27Br. The van der Waals surface area contributed by atoms with Gasteiger partial charge in [0.15, 0.2) is 0 Å². The predicted molar refractivity (Wildman–Crippen MR) is 133 cm³/mol. The molecule has 2 atom stereocenters. The van der Waals surface area contributed by atoms with E-state index in [1.807, 2.05) is 0 Å². The minimum absolute atomic E-state index is 0.342. The summed E-state index contributed by atoms with van der Waals surface area (Å²) in [5, 5.41) is 0. The standard InChI is InChI=1S/C29H27Br/c1-21(22(2)30)29(27-17-13-25(14-18-27)23-9-5-3-6-10-23)28-19-15-26(16-20-28)24-11-7-4-8-12-24/h3-22,29H,1-2H3/t21?,22-/m1/s1. The number of hydrogen-bond donors (Lipinski definition) is 0. The van der Waals surface area contributed by atoms with Crippen molar-refractivity contribution in [2.45, 2.75) is 24.6 Å². The normalized spacial score (nSPS) is 13.2. The van der Waals surface area contributed by atoms with Gasteiger partial charge in [-0.1, -0.05) is 139 Å². The summed E-state index contributed by atoms with van der Waals surface area (Å²) in [5.74, 6) is 0.809. The number of hydrogen-bond acceptors (Lipinski definition) is 0. The molecule has 0 bridgehead atoms. The highest BCUT2D eigenvalue weighted by molar-refractivity contribution is 9.09. The van der Waals surface area contributed by atoms with Crippen LogP contribution in [0.1, 0.15) is 30.9 Å². The van der Waals surface area contributed by atoms with Crippen molar-refractivity contribution >= 4 is 15.9 Å². The molecule has 0 saturated carbocycles. The maximum atomic E-state index is 3.84. The fourth-order valence-corrected chi connectivity index (χ4v) is 4.40. The van der Waals surface area contributed by atoms with Gasteiger partial charge >= 0.3 is 0 Å². The van der Waals surface area contributed by atoms with Crippen molar-refractivity contribution in [2.75, 3.05) is 0 Å². The highest BCUT2D eigenvalue weighted by Crippen LogP contribution is 2.37. The molecule has 150 valence electrons. The molecular weight excluding hydrogens is 428 g/mol. The Morgan fingerprint density at radius 2 is 0.800 bits per heavy atom. The zero-order chi connectivity index (χ0) is 20.9. The molecule has 0 fully saturated rings. The van der Waals surface area contributed by atoms with Gasteiger partial charge in [0, 0.05) is 10.7 Å². The molecule has 0 aliphatic carbocycles. The van der Waals surface area contributed by atoms with Gasteiger partial charge in [-0.15, -0.1) is 0 Å². The molecule has 1 heteroatoms. The van der Waals surface area contributed by atoms with Crippen LogP contribution in [0.2, 0.25) is 0 Å². The lowest BCUT2D eigenvalue weighted by molar-refractivity contribution is 0.513. The Balaban J connectivity index is 1.67. The van der Waals surface area contributed by atoms with Crippen LogP contribution >= 0.6 is 15.9 Å². The Hall–Kier alpha value is -2.64. The summed E-state index contributed by atoms with van der Waals surface area (Å²) in [4.78, 5) is 0.421. The molecule has 0 spiro atoms. The highest BCUT2D eigenvalue weighted by Gasteiger charge is 2.24. The molecule has 0 nitrogen and oxygen atoms in total. The summed E-state index contributed by atoms with van der Waals surface area (Å²) in [7, 11) is 0. The van der Waals surface area contributed by atoms with Crippen LogP contribution in [0.4, 0.5) is 0 Å². The molecule has 4 aromatic carbocycles. The summed E-state index contributed by atoms with van der Waals surface area (Å²) in [6, 6.07) is 39.3. The minimum Gasteiger partial charge on any atom is -0.0890 e. The average molecular weight is 455 g/mol. The first-order valence-corrected chi connectivity index (χ1v) is 11.5. The second-order valence-corrected chi connectivity index (χ2v) is 9.43.